The number of aromatic nitrogens is 5. The van der Waals surface area contributed by atoms with Crippen LogP contribution in [0.2, 0.25) is 0 Å². The van der Waals surface area contributed by atoms with E-state index in [1.165, 1.54) is 6.07 Å². The van der Waals surface area contributed by atoms with E-state index in [-0.39, 0.29) is 23.9 Å². The van der Waals surface area contributed by atoms with E-state index in [2.05, 4.69) is 45.9 Å². The molecule has 4 heterocycles. The molecular weight excluding hydrogens is 555 g/mol. The lowest BCUT2D eigenvalue weighted by atomic mass is 9.95. The number of morpholine rings is 1. The number of imidazole rings is 1. The smallest absolute Gasteiger partial charge is 0.238 e. The van der Waals surface area contributed by atoms with Gasteiger partial charge in [0.25, 0.3) is 0 Å². The Morgan fingerprint density at radius 3 is 2.60 bits per heavy atom. The minimum Gasteiger partial charge on any atom is -0.373 e. The third-order valence-corrected chi connectivity index (χ3v) is 7.95. The summed E-state index contributed by atoms with van der Waals surface area (Å²) in [6, 6.07) is 7.45. The molecule has 8 nitrogen and oxygen atoms in total. The van der Waals surface area contributed by atoms with Gasteiger partial charge in [-0.2, -0.15) is 0 Å². The van der Waals surface area contributed by atoms with Gasteiger partial charge in [0.2, 0.25) is 12.4 Å². The van der Waals surface area contributed by atoms with Gasteiger partial charge < -0.3 is 14.6 Å². The number of benzene rings is 1. The van der Waals surface area contributed by atoms with Gasteiger partial charge in [-0.1, -0.05) is 12.5 Å². The van der Waals surface area contributed by atoms with Gasteiger partial charge >= 0.3 is 0 Å². The normalized spacial score (nSPS) is 17.8. The molecule has 43 heavy (non-hydrogen) atoms. The molecule has 1 atom stereocenters. The van der Waals surface area contributed by atoms with Gasteiger partial charge in [0.1, 0.15) is 17.2 Å². The molecule has 0 spiro atoms. The molecule has 0 unspecified atom stereocenters. The number of rotatable bonds is 11. The first-order chi connectivity index (χ1) is 20.5. The number of nitrogens with one attached hydrogen (secondary N) is 1. The van der Waals surface area contributed by atoms with Gasteiger partial charge in [0.15, 0.2) is 5.82 Å². The van der Waals surface area contributed by atoms with Crippen molar-refractivity contribution < 1.29 is 17.9 Å². The molecular formula is C32H40F3N7O. The molecule has 1 fully saturated rings. The van der Waals surface area contributed by atoms with Crippen LogP contribution < -0.4 is 5.32 Å². The molecule has 11 heteroatoms. The monoisotopic (exact) mass is 595 g/mol. The first kappa shape index (κ1) is 30.9. The number of fused-ring (bicyclic) bond motifs is 1. The molecule has 5 rings (SSSR count). The number of pyridine rings is 1. The SMILES string of the molecule is Cc1cnc(Nc2ccc(CN3CCO[C@](C)(CCCCC(F)F)C3)cn2)nc1-c1cc(F)c2nc(C)n(C(C)C)c2c1. The van der Waals surface area contributed by atoms with E-state index in [4.69, 9.17) is 9.72 Å². The van der Waals surface area contributed by atoms with E-state index < -0.39 is 6.43 Å². The summed E-state index contributed by atoms with van der Waals surface area (Å²) in [5, 5.41) is 3.18. The fourth-order valence-electron chi connectivity index (χ4n) is 5.92. The van der Waals surface area contributed by atoms with Crippen LogP contribution in [0.1, 0.15) is 69.4 Å². The summed E-state index contributed by atoms with van der Waals surface area (Å²) in [5.41, 5.74) is 3.93. The lowest BCUT2D eigenvalue weighted by Gasteiger charge is -2.40. The molecule has 1 aliphatic rings. The lowest BCUT2D eigenvalue weighted by molar-refractivity contribution is -0.105. The topological polar surface area (TPSA) is 81.0 Å². The number of hydrogen-bond acceptors (Lipinski definition) is 7. The highest BCUT2D eigenvalue weighted by molar-refractivity contribution is 5.83. The zero-order valence-corrected chi connectivity index (χ0v) is 25.5. The van der Waals surface area contributed by atoms with Crippen LogP contribution in [0.15, 0.2) is 36.7 Å². The summed E-state index contributed by atoms with van der Waals surface area (Å²) >= 11 is 0. The number of halogens is 3. The third-order valence-electron chi connectivity index (χ3n) is 7.95. The van der Waals surface area contributed by atoms with Crippen molar-refractivity contribution in [3.63, 3.8) is 0 Å². The maximum Gasteiger partial charge on any atom is 0.238 e. The van der Waals surface area contributed by atoms with E-state index in [0.717, 1.165) is 54.9 Å². The van der Waals surface area contributed by atoms with Crippen LogP contribution in [-0.2, 0) is 11.3 Å². The average molecular weight is 596 g/mol. The molecule has 0 radical (unpaired) electrons. The zero-order chi connectivity index (χ0) is 30.7. The van der Waals surface area contributed by atoms with Gasteiger partial charge in [0.05, 0.1) is 23.4 Å². The summed E-state index contributed by atoms with van der Waals surface area (Å²) in [7, 11) is 0. The Kier molecular flexibility index (Phi) is 9.31. The highest BCUT2D eigenvalue weighted by atomic mass is 19.3. The second-order valence-corrected chi connectivity index (χ2v) is 12.0. The molecule has 4 aromatic rings. The summed E-state index contributed by atoms with van der Waals surface area (Å²) in [6.45, 7) is 12.8. The van der Waals surface area contributed by atoms with Crippen LogP contribution in [0.5, 0.6) is 0 Å². The molecule has 1 N–H and O–H groups in total. The lowest BCUT2D eigenvalue weighted by Crippen LogP contribution is -2.49. The van der Waals surface area contributed by atoms with Crippen molar-refractivity contribution in [2.45, 2.75) is 84.9 Å². The number of ether oxygens (including phenoxy) is 1. The second kappa shape index (κ2) is 13.0. The van der Waals surface area contributed by atoms with Gasteiger partial charge in [-0.3, -0.25) is 4.90 Å². The van der Waals surface area contributed by atoms with Crippen molar-refractivity contribution in [3.8, 4) is 11.3 Å². The number of unbranched alkanes of at least 4 members (excludes halogenated alkanes) is 1. The van der Waals surface area contributed by atoms with Crippen LogP contribution in [0.3, 0.4) is 0 Å². The fraction of sp³-hybridized carbons (Fsp3) is 0.500. The Bertz CT molecular complexity index is 1560. The minimum absolute atomic E-state index is 0.0560. The van der Waals surface area contributed by atoms with Crippen molar-refractivity contribution in [1.82, 2.24) is 29.4 Å². The summed E-state index contributed by atoms with van der Waals surface area (Å²) in [4.78, 5) is 20.5. The Morgan fingerprint density at radius 1 is 1.07 bits per heavy atom. The van der Waals surface area contributed by atoms with Crippen LogP contribution in [0, 0.1) is 19.7 Å². The predicted molar refractivity (Wildman–Crippen MR) is 162 cm³/mol. The summed E-state index contributed by atoms with van der Waals surface area (Å²) < 4.78 is 48.1. The highest BCUT2D eigenvalue weighted by Gasteiger charge is 2.31. The van der Waals surface area contributed by atoms with E-state index >= 15 is 4.39 Å². The third kappa shape index (κ3) is 7.33. The Labute approximate surface area is 250 Å². The summed E-state index contributed by atoms with van der Waals surface area (Å²) in [5.74, 6) is 1.35. The molecule has 0 saturated carbocycles. The van der Waals surface area contributed by atoms with Crippen LogP contribution >= 0.6 is 0 Å². The van der Waals surface area contributed by atoms with Crippen LogP contribution in [-0.4, -0.2) is 61.1 Å². The number of nitrogens with zero attached hydrogens (tertiary/aromatic N) is 6. The molecule has 0 amide bonds. The van der Waals surface area contributed by atoms with Crippen molar-refractivity contribution >= 4 is 22.8 Å². The van der Waals surface area contributed by atoms with E-state index in [0.29, 0.717) is 41.6 Å². The number of anilines is 2. The predicted octanol–water partition coefficient (Wildman–Crippen LogP) is 7.39. The molecule has 0 aliphatic carbocycles. The van der Waals surface area contributed by atoms with Crippen molar-refractivity contribution in [2.75, 3.05) is 25.0 Å². The molecule has 0 bridgehead atoms. The first-order valence-electron chi connectivity index (χ1n) is 14.9. The van der Waals surface area contributed by atoms with Crippen molar-refractivity contribution in [3.05, 3.63) is 59.4 Å². The van der Waals surface area contributed by atoms with Gasteiger partial charge in [-0.05, 0) is 76.8 Å². The van der Waals surface area contributed by atoms with E-state index in [1.54, 1.807) is 6.20 Å². The van der Waals surface area contributed by atoms with Gasteiger partial charge in [-0.15, -0.1) is 0 Å². The van der Waals surface area contributed by atoms with Crippen molar-refractivity contribution in [1.29, 1.82) is 0 Å². The Balaban J connectivity index is 1.26. The highest BCUT2D eigenvalue weighted by Crippen LogP contribution is 2.31. The minimum atomic E-state index is -2.24. The maximum atomic E-state index is 15.1. The standard InChI is InChI=1S/C32H40F3N7O/c1-20(2)42-22(4)38-30-25(33)14-24(15-26(30)42)29-21(3)16-37-31(40-29)39-28-10-9-23(17-36-28)18-41-12-13-43-32(5,19-41)11-7-6-8-27(34)35/h9-10,14-17,20,27H,6-8,11-13,18-19H2,1-5H3,(H,36,37,39,40)/t32-/m1/s1. The molecule has 1 aliphatic heterocycles. The Morgan fingerprint density at radius 2 is 1.88 bits per heavy atom. The van der Waals surface area contributed by atoms with Gasteiger partial charge in [0, 0.05) is 50.1 Å². The second-order valence-electron chi connectivity index (χ2n) is 12.0. The number of alkyl halides is 2. The number of hydrogen-bond donors (Lipinski definition) is 1. The Hall–Kier alpha value is -3.57. The molecule has 1 aromatic carbocycles. The fourth-order valence-corrected chi connectivity index (χ4v) is 5.92. The molecule has 230 valence electrons. The maximum absolute atomic E-state index is 15.1. The van der Waals surface area contributed by atoms with E-state index in [9.17, 15) is 8.78 Å². The van der Waals surface area contributed by atoms with Crippen LogP contribution in [0.4, 0.5) is 24.9 Å². The van der Waals surface area contributed by atoms with Crippen LogP contribution in [0.25, 0.3) is 22.3 Å². The average Bonchev–Trinajstić information content (AvgIpc) is 3.30. The number of aryl methyl sites for hydroxylation is 2. The largest absolute Gasteiger partial charge is 0.373 e. The van der Waals surface area contributed by atoms with E-state index in [1.807, 2.05) is 42.8 Å². The molecule has 3 aromatic heterocycles. The first-order valence-corrected chi connectivity index (χ1v) is 14.9. The molecule has 1 saturated heterocycles. The summed E-state index contributed by atoms with van der Waals surface area (Å²) in [6.07, 6.45) is 3.24. The van der Waals surface area contributed by atoms with Gasteiger partial charge in [-0.25, -0.2) is 33.1 Å². The zero-order valence-electron chi connectivity index (χ0n) is 25.5. The van der Waals surface area contributed by atoms with Crippen molar-refractivity contribution in [2.24, 2.45) is 0 Å². The quantitative estimate of drug-likeness (QED) is 0.181.